The zero-order valence-corrected chi connectivity index (χ0v) is 13.2. The third-order valence-corrected chi connectivity index (χ3v) is 4.84. The van der Waals surface area contributed by atoms with Crippen molar-refractivity contribution < 1.29 is 8.42 Å². The minimum Gasteiger partial charge on any atom is -0.278 e. The van der Waals surface area contributed by atoms with E-state index in [4.69, 9.17) is 28.5 Å². The smallest absolute Gasteiger partial charge is 0.262 e. The van der Waals surface area contributed by atoms with Gasteiger partial charge in [-0.05, 0) is 42.8 Å². The van der Waals surface area contributed by atoms with Crippen LogP contribution in [0.4, 0.5) is 5.69 Å². The number of nitriles is 1. The Kier molecular flexibility index (Phi) is 4.43. The maximum Gasteiger partial charge on any atom is 0.262 e. The fourth-order valence-electron chi connectivity index (χ4n) is 1.73. The minimum absolute atomic E-state index is 0.0348. The number of nitrogens with zero attached hydrogens (tertiary/aromatic N) is 1. The summed E-state index contributed by atoms with van der Waals surface area (Å²) in [7, 11) is -3.84. The molecule has 0 spiro atoms. The van der Waals surface area contributed by atoms with Crippen molar-refractivity contribution in [2.24, 2.45) is 0 Å². The van der Waals surface area contributed by atoms with Crippen molar-refractivity contribution in [1.82, 2.24) is 0 Å². The number of sulfonamides is 1. The van der Waals surface area contributed by atoms with Gasteiger partial charge >= 0.3 is 0 Å². The van der Waals surface area contributed by atoms with Crippen LogP contribution in [0, 0.1) is 18.3 Å². The minimum atomic E-state index is -3.84. The number of anilines is 1. The number of nitrogens with one attached hydrogen (secondary N) is 1. The summed E-state index contributed by atoms with van der Waals surface area (Å²) in [5.41, 5.74) is 1.03. The predicted molar refractivity (Wildman–Crippen MR) is 83.2 cm³/mol. The van der Waals surface area contributed by atoms with Crippen LogP contribution < -0.4 is 4.72 Å². The Labute approximate surface area is 133 Å². The van der Waals surface area contributed by atoms with Gasteiger partial charge in [0.1, 0.15) is 0 Å². The standard InChI is InChI=1S/C14H10Cl2N2O2S/c1-9-2-3-10(8-17)6-14(9)21(19,20)18-13-5-4-11(15)7-12(13)16/h2-7,18H,1H3. The molecule has 0 unspecified atom stereocenters. The molecule has 4 nitrogen and oxygen atoms in total. The van der Waals surface area contributed by atoms with Gasteiger partial charge in [-0.3, -0.25) is 4.72 Å². The van der Waals surface area contributed by atoms with Gasteiger partial charge in [0.2, 0.25) is 0 Å². The molecule has 21 heavy (non-hydrogen) atoms. The van der Waals surface area contributed by atoms with E-state index in [1.165, 1.54) is 24.3 Å². The van der Waals surface area contributed by atoms with E-state index in [9.17, 15) is 8.42 Å². The van der Waals surface area contributed by atoms with Crippen molar-refractivity contribution in [3.8, 4) is 6.07 Å². The molecule has 108 valence electrons. The summed E-state index contributed by atoms with van der Waals surface area (Å²) in [6.45, 7) is 1.65. The van der Waals surface area contributed by atoms with Crippen molar-refractivity contribution in [3.05, 3.63) is 57.6 Å². The van der Waals surface area contributed by atoms with Gasteiger partial charge in [0, 0.05) is 5.02 Å². The molecule has 0 saturated heterocycles. The molecule has 0 atom stereocenters. The molecule has 0 aliphatic heterocycles. The molecule has 2 rings (SSSR count). The normalized spacial score (nSPS) is 11.0. The molecule has 0 aliphatic carbocycles. The summed E-state index contributed by atoms with van der Waals surface area (Å²) in [6, 6.07) is 10.8. The van der Waals surface area contributed by atoms with Crippen LogP contribution in [-0.2, 0) is 10.0 Å². The van der Waals surface area contributed by atoms with Crippen LogP contribution in [0.15, 0.2) is 41.3 Å². The van der Waals surface area contributed by atoms with Crippen molar-refractivity contribution >= 4 is 38.9 Å². The summed E-state index contributed by atoms with van der Waals surface area (Å²) in [5, 5.41) is 9.48. The summed E-state index contributed by atoms with van der Waals surface area (Å²) in [5.74, 6) is 0. The fourth-order valence-corrected chi connectivity index (χ4v) is 3.59. The maximum atomic E-state index is 12.4. The quantitative estimate of drug-likeness (QED) is 0.918. The molecule has 0 fully saturated rings. The third-order valence-electron chi connectivity index (χ3n) is 2.78. The van der Waals surface area contributed by atoms with Gasteiger partial charge in [-0.1, -0.05) is 29.3 Å². The third kappa shape index (κ3) is 3.48. The van der Waals surface area contributed by atoms with Crippen LogP contribution in [0.1, 0.15) is 11.1 Å². The fraction of sp³-hybridized carbons (Fsp3) is 0.0714. The maximum absolute atomic E-state index is 12.4. The van der Waals surface area contributed by atoms with E-state index in [2.05, 4.69) is 4.72 Å². The molecule has 0 aromatic heterocycles. The lowest BCUT2D eigenvalue weighted by atomic mass is 10.2. The molecule has 0 radical (unpaired) electrons. The lowest BCUT2D eigenvalue weighted by Gasteiger charge is -2.12. The number of rotatable bonds is 3. The van der Waals surface area contributed by atoms with E-state index in [-0.39, 0.29) is 21.2 Å². The van der Waals surface area contributed by atoms with E-state index in [1.807, 2.05) is 6.07 Å². The highest BCUT2D eigenvalue weighted by Crippen LogP contribution is 2.28. The highest BCUT2D eigenvalue weighted by atomic mass is 35.5. The van der Waals surface area contributed by atoms with Crippen molar-refractivity contribution in [1.29, 1.82) is 5.26 Å². The van der Waals surface area contributed by atoms with Gasteiger partial charge in [0.05, 0.1) is 27.2 Å². The van der Waals surface area contributed by atoms with E-state index < -0.39 is 10.0 Å². The van der Waals surface area contributed by atoms with Gasteiger partial charge in [0.15, 0.2) is 0 Å². The van der Waals surface area contributed by atoms with Crippen molar-refractivity contribution in [2.75, 3.05) is 4.72 Å². The summed E-state index contributed by atoms with van der Waals surface area (Å²) < 4.78 is 27.2. The number of hydrogen-bond acceptors (Lipinski definition) is 3. The van der Waals surface area contributed by atoms with Crippen LogP contribution in [0.5, 0.6) is 0 Å². The zero-order chi connectivity index (χ0) is 15.6. The first-order valence-corrected chi connectivity index (χ1v) is 8.06. The Morgan fingerprint density at radius 3 is 2.48 bits per heavy atom. The summed E-state index contributed by atoms with van der Waals surface area (Å²) in [4.78, 5) is 0.0348. The van der Waals surface area contributed by atoms with Crippen molar-refractivity contribution in [3.63, 3.8) is 0 Å². The second kappa shape index (κ2) is 5.94. The zero-order valence-electron chi connectivity index (χ0n) is 10.9. The van der Waals surface area contributed by atoms with E-state index in [0.717, 1.165) is 0 Å². The Bertz CT molecular complexity index is 843. The Morgan fingerprint density at radius 2 is 1.86 bits per heavy atom. The van der Waals surface area contributed by atoms with Crippen LogP contribution in [0.3, 0.4) is 0 Å². The number of aryl methyl sites for hydroxylation is 1. The van der Waals surface area contributed by atoms with Gasteiger partial charge in [-0.25, -0.2) is 8.42 Å². The van der Waals surface area contributed by atoms with Gasteiger partial charge in [0.25, 0.3) is 10.0 Å². The van der Waals surface area contributed by atoms with E-state index >= 15 is 0 Å². The number of hydrogen-bond donors (Lipinski definition) is 1. The topological polar surface area (TPSA) is 70.0 Å². The van der Waals surface area contributed by atoms with Crippen molar-refractivity contribution in [2.45, 2.75) is 11.8 Å². The molecule has 1 N–H and O–H groups in total. The highest BCUT2D eigenvalue weighted by molar-refractivity contribution is 7.92. The van der Waals surface area contributed by atoms with E-state index in [1.54, 1.807) is 19.1 Å². The molecular weight excluding hydrogens is 331 g/mol. The molecule has 0 bridgehead atoms. The average molecular weight is 341 g/mol. The largest absolute Gasteiger partial charge is 0.278 e. The molecule has 2 aromatic carbocycles. The predicted octanol–water partition coefficient (Wildman–Crippen LogP) is 3.97. The summed E-state index contributed by atoms with van der Waals surface area (Å²) >= 11 is 11.7. The van der Waals surface area contributed by atoms with Gasteiger partial charge in [-0.15, -0.1) is 0 Å². The summed E-state index contributed by atoms with van der Waals surface area (Å²) in [6.07, 6.45) is 0. The monoisotopic (exact) mass is 340 g/mol. The van der Waals surface area contributed by atoms with Crippen LogP contribution >= 0.6 is 23.2 Å². The Morgan fingerprint density at radius 1 is 1.14 bits per heavy atom. The van der Waals surface area contributed by atoms with E-state index in [0.29, 0.717) is 10.6 Å². The molecular formula is C14H10Cl2N2O2S. The van der Waals surface area contributed by atoms with Crippen LogP contribution in [-0.4, -0.2) is 8.42 Å². The molecule has 0 heterocycles. The number of halogens is 2. The molecule has 0 saturated carbocycles. The van der Waals surface area contributed by atoms with Crippen LogP contribution in [0.2, 0.25) is 10.0 Å². The van der Waals surface area contributed by atoms with Gasteiger partial charge < -0.3 is 0 Å². The first kappa shape index (κ1) is 15.6. The molecule has 7 heteroatoms. The second-order valence-corrected chi connectivity index (χ2v) is 6.82. The van der Waals surface area contributed by atoms with Crippen LogP contribution in [0.25, 0.3) is 0 Å². The Balaban J connectivity index is 2.46. The second-order valence-electron chi connectivity index (χ2n) is 4.32. The first-order chi connectivity index (χ1) is 9.83. The molecule has 0 amide bonds. The SMILES string of the molecule is Cc1ccc(C#N)cc1S(=O)(=O)Nc1ccc(Cl)cc1Cl. The lowest BCUT2D eigenvalue weighted by Crippen LogP contribution is -2.14. The molecule has 2 aromatic rings. The van der Waals surface area contributed by atoms with Gasteiger partial charge in [-0.2, -0.15) is 5.26 Å². The first-order valence-electron chi connectivity index (χ1n) is 5.82. The highest BCUT2D eigenvalue weighted by Gasteiger charge is 2.19. The Hall–Kier alpha value is -1.74. The number of benzene rings is 2. The average Bonchev–Trinajstić information content (AvgIpc) is 2.42. The molecule has 0 aliphatic rings. The lowest BCUT2D eigenvalue weighted by molar-refractivity contribution is 0.600.